The van der Waals surface area contributed by atoms with E-state index in [1.165, 1.54) is 19.1 Å². The van der Waals surface area contributed by atoms with E-state index < -0.39 is 36.4 Å². The Morgan fingerprint density at radius 1 is 0.582 bits per heavy atom. The molecule has 0 bridgehead atoms. The van der Waals surface area contributed by atoms with Crippen LogP contribution in [0.5, 0.6) is 0 Å². The fourth-order valence-corrected chi connectivity index (χ4v) is 4.56. The van der Waals surface area contributed by atoms with Crippen LogP contribution < -0.4 is 54.8 Å². The van der Waals surface area contributed by atoms with Crippen molar-refractivity contribution in [3.05, 3.63) is 0 Å². The molecule has 0 aromatic carbocycles. The number of nitrogens with two attached hydrogens (primary N) is 4. The molecule has 318 valence electrons. The number of hydrogen-bond donors (Lipinski definition) is 13. The number of carboxylic acids is 1. The second-order valence-electron chi connectivity index (χ2n) is 12.1. The van der Waals surface area contributed by atoms with Crippen LogP contribution in [0.3, 0.4) is 0 Å². The van der Waals surface area contributed by atoms with Gasteiger partial charge in [-0.2, -0.15) is 0 Å². The zero-order chi connectivity index (χ0) is 41.4. The van der Waals surface area contributed by atoms with Gasteiger partial charge in [-0.15, -0.1) is 0 Å². The van der Waals surface area contributed by atoms with Crippen molar-refractivity contribution in [2.45, 2.75) is 37.8 Å². The smallest absolute Gasteiger partial charge is 0.317 e. The van der Waals surface area contributed by atoms with E-state index in [2.05, 4.69) is 31.9 Å². The summed E-state index contributed by atoms with van der Waals surface area (Å²) in [4.78, 5) is 85.7. The molecule has 0 saturated heterocycles. The number of nitrogens with one attached hydrogen (secondary N) is 8. The Labute approximate surface area is 321 Å². The number of rotatable bonds is 34. The average molecular weight is 794 g/mol. The van der Waals surface area contributed by atoms with Gasteiger partial charge in [-0.05, 0) is 25.7 Å². The molecule has 0 aliphatic rings. The van der Waals surface area contributed by atoms with Crippen LogP contribution in [-0.2, 0) is 43.5 Å². The quantitative estimate of drug-likeness (QED) is 0.00719. The molecule has 2 atom stereocenters. The van der Waals surface area contributed by atoms with Crippen LogP contribution in [0.2, 0.25) is 0 Å². The van der Waals surface area contributed by atoms with Crippen molar-refractivity contribution in [2.75, 3.05) is 113 Å². The second kappa shape index (κ2) is 31.8. The zero-order valence-corrected chi connectivity index (χ0v) is 31.9. The molecule has 0 aliphatic heterocycles. The first-order chi connectivity index (χ1) is 26.2. The van der Waals surface area contributed by atoms with Crippen LogP contribution in [0.4, 0.5) is 0 Å². The van der Waals surface area contributed by atoms with Gasteiger partial charge < -0.3 is 59.9 Å². The Kier molecular flexibility index (Phi) is 29.3. The molecular weight excluding hydrogens is 730 g/mol. The number of aliphatic carboxylic acids is 1. The first-order valence-electron chi connectivity index (χ1n) is 17.6. The summed E-state index contributed by atoms with van der Waals surface area (Å²) in [5.41, 5.74) is 22.2. The molecular formula is C30H63N15O10. The predicted octanol–water partition coefficient (Wildman–Crippen LogP) is -6.31. The minimum atomic E-state index is -1.14. The van der Waals surface area contributed by atoms with Crippen LogP contribution in [0.25, 0.3) is 0 Å². The molecule has 17 N–H and O–H groups in total. The maximum atomic E-state index is 12.7. The van der Waals surface area contributed by atoms with Gasteiger partial charge in [0, 0.05) is 65.4 Å². The fourth-order valence-electron chi connectivity index (χ4n) is 4.56. The van der Waals surface area contributed by atoms with Gasteiger partial charge in [0.2, 0.25) is 23.6 Å². The molecule has 2 unspecified atom stereocenters. The highest BCUT2D eigenvalue weighted by Crippen LogP contribution is 1.99. The number of carbonyl (C=O) groups excluding carboxylic acids is 4. The van der Waals surface area contributed by atoms with Gasteiger partial charge in [-0.3, -0.25) is 49.5 Å². The van der Waals surface area contributed by atoms with Crippen LogP contribution >= 0.6 is 0 Å². The third-order valence-electron chi connectivity index (χ3n) is 7.45. The van der Waals surface area contributed by atoms with E-state index in [1.807, 2.05) is 0 Å². The van der Waals surface area contributed by atoms with Gasteiger partial charge in [0.1, 0.15) is 13.5 Å². The maximum Gasteiger partial charge on any atom is 0.317 e. The third kappa shape index (κ3) is 29.6. The lowest BCUT2D eigenvalue weighted by Crippen LogP contribution is -2.48. The van der Waals surface area contributed by atoms with Crippen LogP contribution in [0, 0.1) is 10.8 Å². The molecule has 0 aromatic heterocycles. The largest absolute Gasteiger partial charge is 0.480 e. The summed E-state index contributed by atoms with van der Waals surface area (Å²) in [6, 6.07) is -1.52. The predicted molar refractivity (Wildman–Crippen MR) is 199 cm³/mol. The van der Waals surface area contributed by atoms with Crippen molar-refractivity contribution in [1.29, 1.82) is 10.8 Å². The van der Waals surface area contributed by atoms with Crippen molar-refractivity contribution in [1.82, 2.24) is 46.6 Å². The standard InChI is InChI=1S/C30H63N15O10/c1-52-54-20-43(13-15-44(19-26(48)49)17-24(46)37-9-11-39-27(50)22(31)5-3-7-41-29(33)34)14-16-45(21-55-53-2)18-25(47)38-10-12-40-28(51)23(32)6-4-8-42-30(35)36/h22-23H,3-21,31-32H2,1-2H3,(H,37,46)(H,38,47)(H,39,50)(H,40,51)(H,48,49)(H4,33,34,41)(H4,35,36,42). The first kappa shape index (κ1) is 50.5. The Hall–Kier alpha value is -4.47. The van der Waals surface area contributed by atoms with Gasteiger partial charge >= 0.3 is 5.97 Å². The summed E-state index contributed by atoms with van der Waals surface area (Å²) in [6.45, 7) is 1.49. The van der Waals surface area contributed by atoms with E-state index in [1.54, 1.807) is 9.80 Å². The minimum absolute atomic E-state index is 0.0150. The van der Waals surface area contributed by atoms with Crippen LogP contribution in [-0.4, -0.2) is 186 Å². The maximum absolute atomic E-state index is 12.7. The number of guanidine groups is 2. The van der Waals surface area contributed by atoms with Crippen molar-refractivity contribution < 1.29 is 48.6 Å². The number of carboxylic acid groups (broad SMARTS) is 1. The number of hydrogen-bond acceptors (Lipinski definition) is 16. The summed E-state index contributed by atoms with van der Waals surface area (Å²) in [5.74, 6) is -3.04. The van der Waals surface area contributed by atoms with Gasteiger partial charge in [-0.25, -0.2) is 19.6 Å². The summed E-state index contributed by atoms with van der Waals surface area (Å²) in [7, 11) is 2.65. The van der Waals surface area contributed by atoms with Crippen molar-refractivity contribution in [3.63, 3.8) is 0 Å². The highest BCUT2D eigenvalue weighted by Gasteiger charge is 2.19. The lowest BCUT2D eigenvalue weighted by atomic mass is 10.1. The van der Waals surface area contributed by atoms with E-state index in [4.69, 9.17) is 53.3 Å². The Morgan fingerprint density at radius 3 is 1.38 bits per heavy atom. The van der Waals surface area contributed by atoms with Crippen LogP contribution in [0.1, 0.15) is 25.7 Å². The summed E-state index contributed by atoms with van der Waals surface area (Å²) in [5, 5.41) is 39.6. The molecule has 0 radical (unpaired) electrons. The monoisotopic (exact) mass is 793 g/mol. The molecule has 0 saturated carbocycles. The van der Waals surface area contributed by atoms with Crippen LogP contribution in [0.15, 0.2) is 0 Å². The minimum Gasteiger partial charge on any atom is -0.480 e. The molecule has 0 rings (SSSR count). The summed E-state index contributed by atoms with van der Waals surface area (Å²) in [6.07, 6.45) is 1.83. The Morgan fingerprint density at radius 2 is 0.964 bits per heavy atom. The summed E-state index contributed by atoms with van der Waals surface area (Å²) >= 11 is 0. The van der Waals surface area contributed by atoms with Crippen molar-refractivity contribution in [3.8, 4) is 0 Å². The third-order valence-corrected chi connectivity index (χ3v) is 7.45. The molecule has 4 amide bonds. The molecule has 0 fully saturated rings. The Bertz CT molecular complexity index is 1160. The van der Waals surface area contributed by atoms with Crippen molar-refractivity contribution in [2.24, 2.45) is 22.9 Å². The molecule has 55 heavy (non-hydrogen) atoms. The number of carbonyl (C=O) groups is 5. The zero-order valence-electron chi connectivity index (χ0n) is 31.9. The van der Waals surface area contributed by atoms with Gasteiger partial charge in [0.05, 0.1) is 45.9 Å². The lowest BCUT2D eigenvalue weighted by molar-refractivity contribution is -0.300. The molecule has 0 spiro atoms. The fraction of sp³-hybridized carbons (Fsp3) is 0.767. The van der Waals surface area contributed by atoms with E-state index in [-0.39, 0.29) is 96.1 Å². The van der Waals surface area contributed by atoms with Gasteiger partial charge in [0.15, 0.2) is 11.9 Å². The van der Waals surface area contributed by atoms with E-state index in [0.29, 0.717) is 45.3 Å². The highest BCUT2D eigenvalue weighted by atomic mass is 17.2. The van der Waals surface area contributed by atoms with E-state index >= 15 is 0 Å². The normalized spacial score (nSPS) is 12.2. The highest BCUT2D eigenvalue weighted by molar-refractivity contribution is 5.82. The molecule has 25 heteroatoms. The SMILES string of the molecule is COOCN(CCN(COOC)CC(=O)NCCNC(=O)C(N)CCCNC(=N)N)CCN(CC(=O)O)CC(=O)NCCNC(=O)C(N)CCCNC(=N)N. The molecule has 0 heterocycles. The first-order valence-corrected chi connectivity index (χ1v) is 17.6. The van der Waals surface area contributed by atoms with Gasteiger partial charge in [-0.1, -0.05) is 0 Å². The molecule has 25 nitrogen and oxygen atoms in total. The van der Waals surface area contributed by atoms with E-state index in [9.17, 15) is 29.1 Å². The average Bonchev–Trinajstić information content (AvgIpc) is 3.12. The Balaban J connectivity index is 4.87. The molecule has 0 aliphatic carbocycles. The topological polar surface area (TPSA) is 376 Å². The number of nitrogens with zero attached hydrogens (tertiary/aromatic N) is 3. The van der Waals surface area contributed by atoms with Crippen molar-refractivity contribution >= 4 is 41.5 Å². The van der Waals surface area contributed by atoms with E-state index in [0.717, 1.165) is 0 Å². The van der Waals surface area contributed by atoms with Gasteiger partial charge in [0.25, 0.3) is 0 Å². The summed E-state index contributed by atoms with van der Waals surface area (Å²) < 4.78 is 0. The molecule has 0 aromatic rings. The lowest BCUT2D eigenvalue weighted by Gasteiger charge is -2.28. The second-order valence-corrected chi connectivity index (χ2v) is 12.1. The number of amides is 4.